The first-order chi connectivity index (χ1) is 14.1. The zero-order chi connectivity index (χ0) is 20.6. The molecule has 162 valence electrons. The van der Waals surface area contributed by atoms with Crippen molar-refractivity contribution in [3.8, 4) is 11.5 Å². The number of amides is 1. The number of nitrogens with one attached hydrogen (secondary N) is 2. The smallest absolute Gasteiger partial charge is 0.222 e. The average Bonchev–Trinajstić information content (AvgIpc) is 3.21. The predicted molar refractivity (Wildman–Crippen MR) is 127 cm³/mol. The second kappa shape index (κ2) is 11.7. The molecule has 0 spiro atoms. The first-order valence-corrected chi connectivity index (χ1v) is 9.86. The molecule has 0 bridgehead atoms. The van der Waals surface area contributed by atoms with Gasteiger partial charge in [0.15, 0.2) is 17.5 Å². The summed E-state index contributed by atoms with van der Waals surface area (Å²) >= 11 is 0. The van der Waals surface area contributed by atoms with Crippen molar-refractivity contribution in [1.82, 2.24) is 15.5 Å². The summed E-state index contributed by atoms with van der Waals surface area (Å²) in [5, 5.41) is 6.64. The number of likely N-dealkylation sites (tertiary alicyclic amines) is 1. The first-order valence-electron chi connectivity index (χ1n) is 9.86. The lowest BCUT2D eigenvalue weighted by Crippen LogP contribution is -2.44. The third-order valence-corrected chi connectivity index (χ3v) is 4.88. The maximum absolute atomic E-state index is 13.9. The van der Waals surface area contributed by atoms with Crippen LogP contribution in [0.1, 0.15) is 25.3 Å². The molecule has 8 heteroatoms. The number of hydrogen-bond acceptors (Lipinski definition) is 3. The fraction of sp³-hybridized carbons (Fsp3) is 0.364. The Morgan fingerprint density at radius 1 is 1.20 bits per heavy atom. The lowest BCUT2D eigenvalue weighted by Gasteiger charge is -2.19. The minimum Gasteiger partial charge on any atom is -0.454 e. The van der Waals surface area contributed by atoms with Crippen LogP contribution in [0.5, 0.6) is 11.5 Å². The first kappa shape index (κ1) is 23.9. The minimum absolute atomic E-state index is 0. The summed E-state index contributed by atoms with van der Waals surface area (Å²) < 4.78 is 19.7. The molecule has 0 aliphatic carbocycles. The number of aliphatic imine (C=N–C) groups is 1. The Bertz CT molecular complexity index is 878. The van der Waals surface area contributed by atoms with E-state index < -0.39 is 5.82 Å². The van der Waals surface area contributed by atoms with E-state index >= 15 is 0 Å². The molecule has 1 unspecified atom stereocenters. The standard InChI is InChI=1S/C22H27FN4O2.HI/c1-3-21(28)27-13-12-17(15-27)26-22(24-2)25-14-16-8-4-6-10-19(16)29-20-11-7-5-9-18(20)23;/h4-11,17H,3,12-15H2,1-2H3,(H2,24,25,26);1H. The molecule has 30 heavy (non-hydrogen) atoms. The van der Waals surface area contributed by atoms with Gasteiger partial charge in [-0.25, -0.2) is 4.39 Å². The SMILES string of the molecule is CCC(=O)N1CCC(NC(=NC)NCc2ccccc2Oc2ccccc2F)C1.I. The zero-order valence-corrected chi connectivity index (χ0v) is 19.6. The number of hydrogen-bond donors (Lipinski definition) is 2. The summed E-state index contributed by atoms with van der Waals surface area (Å²) in [6, 6.07) is 14.0. The van der Waals surface area contributed by atoms with Crippen molar-refractivity contribution in [1.29, 1.82) is 0 Å². The van der Waals surface area contributed by atoms with Crippen molar-refractivity contribution in [2.45, 2.75) is 32.4 Å². The minimum atomic E-state index is -0.403. The van der Waals surface area contributed by atoms with Crippen LogP contribution >= 0.6 is 24.0 Å². The molecule has 1 heterocycles. The highest BCUT2D eigenvalue weighted by Gasteiger charge is 2.25. The zero-order valence-electron chi connectivity index (χ0n) is 17.2. The fourth-order valence-corrected chi connectivity index (χ4v) is 3.29. The van der Waals surface area contributed by atoms with Crippen molar-refractivity contribution in [3.63, 3.8) is 0 Å². The molecule has 2 N–H and O–H groups in total. The van der Waals surface area contributed by atoms with E-state index in [0.717, 1.165) is 18.5 Å². The van der Waals surface area contributed by atoms with E-state index in [1.807, 2.05) is 36.1 Å². The topological polar surface area (TPSA) is 66.0 Å². The van der Waals surface area contributed by atoms with Crippen LogP contribution in [0.15, 0.2) is 53.5 Å². The van der Waals surface area contributed by atoms with Crippen LogP contribution < -0.4 is 15.4 Å². The van der Waals surface area contributed by atoms with E-state index in [1.54, 1.807) is 25.2 Å². The number of para-hydroxylation sites is 2. The Labute approximate surface area is 193 Å². The number of ether oxygens (including phenoxy) is 1. The van der Waals surface area contributed by atoms with Crippen LogP contribution in [0.4, 0.5) is 4.39 Å². The monoisotopic (exact) mass is 526 g/mol. The van der Waals surface area contributed by atoms with E-state index in [-0.39, 0.29) is 41.7 Å². The van der Waals surface area contributed by atoms with Crippen molar-refractivity contribution in [2.75, 3.05) is 20.1 Å². The highest BCUT2D eigenvalue weighted by molar-refractivity contribution is 14.0. The van der Waals surface area contributed by atoms with Gasteiger partial charge in [-0.3, -0.25) is 9.79 Å². The summed E-state index contributed by atoms with van der Waals surface area (Å²) in [7, 11) is 1.71. The Morgan fingerprint density at radius 2 is 1.90 bits per heavy atom. The fourth-order valence-electron chi connectivity index (χ4n) is 3.29. The van der Waals surface area contributed by atoms with Gasteiger partial charge in [-0.1, -0.05) is 37.3 Å². The van der Waals surface area contributed by atoms with Crippen LogP contribution in [0, 0.1) is 5.82 Å². The molecule has 3 rings (SSSR count). The highest BCUT2D eigenvalue weighted by Crippen LogP contribution is 2.27. The lowest BCUT2D eigenvalue weighted by atomic mass is 10.2. The molecule has 1 amide bonds. The average molecular weight is 526 g/mol. The number of rotatable bonds is 6. The third kappa shape index (κ3) is 6.32. The largest absolute Gasteiger partial charge is 0.454 e. The van der Waals surface area contributed by atoms with Gasteiger partial charge in [-0.15, -0.1) is 24.0 Å². The number of carbonyl (C=O) groups is 1. The molecule has 6 nitrogen and oxygen atoms in total. The normalized spacial score (nSPS) is 16.0. The van der Waals surface area contributed by atoms with Crippen LogP contribution in [0.3, 0.4) is 0 Å². The molecule has 1 aliphatic rings. The summed E-state index contributed by atoms with van der Waals surface area (Å²) in [6.45, 7) is 3.79. The molecule has 1 aliphatic heterocycles. The molecule has 0 aromatic heterocycles. The second-order valence-electron chi connectivity index (χ2n) is 6.89. The quantitative estimate of drug-likeness (QED) is 0.341. The maximum Gasteiger partial charge on any atom is 0.222 e. The van der Waals surface area contributed by atoms with Gasteiger partial charge in [-0.2, -0.15) is 0 Å². The van der Waals surface area contributed by atoms with Crippen LogP contribution in [-0.2, 0) is 11.3 Å². The Morgan fingerprint density at radius 3 is 2.60 bits per heavy atom. The summed E-state index contributed by atoms with van der Waals surface area (Å²) in [4.78, 5) is 18.0. The van der Waals surface area contributed by atoms with Gasteiger partial charge >= 0.3 is 0 Å². The maximum atomic E-state index is 13.9. The summed E-state index contributed by atoms with van der Waals surface area (Å²) in [6.07, 6.45) is 1.41. The van der Waals surface area contributed by atoms with E-state index in [0.29, 0.717) is 31.2 Å². The van der Waals surface area contributed by atoms with Crippen LogP contribution in [0.2, 0.25) is 0 Å². The Kier molecular flexibility index (Phi) is 9.35. The van der Waals surface area contributed by atoms with Crippen molar-refractivity contribution in [2.24, 2.45) is 4.99 Å². The summed E-state index contributed by atoms with van der Waals surface area (Å²) in [5.41, 5.74) is 0.882. The molecule has 0 saturated carbocycles. The Hall–Kier alpha value is -2.36. The lowest BCUT2D eigenvalue weighted by molar-refractivity contribution is -0.129. The Balaban J connectivity index is 0.00000320. The van der Waals surface area contributed by atoms with E-state index in [2.05, 4.69) is 15.6 Å². The van der Waals surface area contributed by atoms with Gasteiger partial charge in [0.1, 0.15) is 5.75 Å². The number of guanidine groups is 1. The second-order valence-corrected chi connectivity index (χ2v) is 6.89. The van der Waals surface area contributed by atoms with Crippen molar-refractivity contribution in [3.05, 3.63) is 59.9 Å². The highest BCUT2D eigenvalue weighted by atomic mass is 127. The van der Waals surface area contributed by atoms with Gasteiger partial charge in [-0.05, 0) is 24.6 Å². The van der Waals surface area contributed by atoms with Crippen LogP contribution in [0.25, 0.3) is 0 Å². The van der Waals surface area contributed by atoms with E-state index in [1.165, 1.54) is 6.07 Å². The summed E-state index contributed by atoms with van der Waals surface area (Å²) in [5.74, 6) is 1.20. The third-order valence-electron chi connectivity index (χ3n) is 4.88. The van der Waals surface area contributed by atoms with Gasteiger partial charge in [0.05, 0.1) is 0 Å². The number of halogens is 2. The van der Waals surface area contributed by atoms with Crippen molar-refractivity contribution < 1.29 is 13.9 Å². The van der Waals surface area contributed by atoms with Gasteiger partial charge in [0, 0.05) is 44.7 Å². The molecule has 2 aromatic carbocycles. The molecular weight excluding hydrogens is 498 g/mol. The van der Waals surface area contributed by atoms with Crippen molar-refractivity contribution >= 4 is 35.8 Å². The molecule has 1 atom stereocenters. The molecule has 1 fully saturated rings. The molecule has 0 radical (unpaired) electrons. The van der Waals surface area contributed by atoms with Crippen LogP contribution in [-0.4, -0.2) is 42.9 Å². The molecule has 2 aromatic rings. The number of carbonyl (C=O) groups excluding carboxylic acids is 1. The number of nitrogens with zero attached hydrogens (tertiary/aromatic N) is 2. The van der Waals surface area contributed by atoms with E-state index in [4.69, 9.17) is 4.74 Å². The predicted octanol–water partition coefficient (Wildman–Crippen LogP) is 3.91. The van der Waals surface area contributed by atoms with E-state index in [9.17, 15) is 9.18 Å². The van der Waals surface area contributed by atoms with Gasteiger partial charge in [0.25, 0.3) is 0 Å². The van der Waals surface area contributed by atoms with Gasteiger partial charge < -0.3 is 20.3 Å². The van der Waals surface area contributed by atoms with Gasteiger partial charge in [0.2, 0.25) is 5.91 Å². The molecule has 1 saturated heterocycles. The number of benzene rings is 2. The molecular formula is C22H28FIN4O2.